The van der Waals surface area contributed by atoms with Crippen molar-refractivity contribution in [1.29, 1.82) is 0 Å². The molecular weight excluding hydrogens is 402 g/mol. The van der Waals surface area contributed by atoms with Gasteiger partial charge in [-0.3, -0.25) is 9.59 Å². The van der Waals surface area contributed by atoms with E-state index in [0.29, 0.717) is 11.3 Å². The summed E-state index contributed by atoms with van der Waals surface area (Å²) in [6, 6.07) is 9.11. The van der Waals surface area contributed by atoms with Crippen LogP contribution in [0.25, 0.3) is 0 Å². The summed E-state index contributed by atoms with van der Waals surface area (Å²) in [5.41, 5.74) is 0.00141. The molecule has 3 rings (SSSR count). The number of nitrogens with one attached hydrogen (secondary N) is 2. The Labute approximate surface area is 170 Å². The molecule has 0 aliphatic carbocycles. The fraction of sp³-hybridized carbons (Fsp3) is 0.238. The zero-order valence-electron chi connectivity index (χ0n) is 16.2. The molecule has 0 bridgehead atoms. The third kappa shape index (κ3) is 4.29. The number of halogens is 4. The van der Waals surface area contributed by atoms with Crippen LogP contribution in [-0.2, 0) is 15.8 Å². The number of alkyl halides is 3. The van der Waals surface area contributed by atoms with Gasteiger partial charge in [-0.1, -0.05) is 12.1 Å². The summed E-state index contributed by atoms with van der Waals surface area (Å²) in [5, 5.41) is 5.67. The second-order valence-electron chi connectivity index (χ2n) is 6.81. The maximum absolute atomic E-state index is 13.1. The highest BCUT2D eigenvalue weighted by atomic mass is 19.4. The van der Waals surface area contributed by atoms with Crippen LogP contribution in [0.4, 0.5) is 23.2 Å². The van der Waals surface area contributed by atoms with E-state index < -0.39 is 35.3 Å². The number of nitrogens with zero attached hydrogens (tertiary/aromatic N) is 1. The molecule has 0 saturated carbocycles. The third-order valence-electron chi connectivity index (χ3n) is 4.90. The lowest BCUT2D eigenvalue weighted by atomic mass is 9.90. The predicted octanol–water partition coefficient (Wildman–Crippen LogP) is 3.86. The first-order chi connectivity index (χ1) is 14.1. The van der Waals surface area contributed by atoms with E-state index in [4.69, 9.17) is 0 Å². The van der Waals surface area contributed by atoms with Crippen molar-refractivity contribution >= 4 is 17.4 Å². The van der Waals surface area contributed by atoms with Crippen molar-refractivity contribution in [3.05, 3.63) is 76.9 Å². The number of benzene rings is 2. The molecule has 0 aromatic heterocycles. The van der Waals surface area contributed by atoms with Gasteiger partial charge in [-0.15, -0.1) is 0 Å². The summed E-state index contributed by atoms with van der Waals surface area (Å²) in [4.78, 5) is 27.0. The summed E-state index contributed by atoms with van der Waals surface area (Å²) in [6.07, 6.45) is -4.55. The van der Waals surface area contributed by atoms with Crippen LogP contribution in [0.15, 0.2) is 59.9 Å². The van der Waals surface area contributed by atoms with E-state index in [1.807, 2.05) is 0 Å². The van der Waals surface area contributed by atoms with Crippen LogP contribution >= 0.6 is 0 Å². The average Bonchev–Trinajstić information content (AvgIpc) is 2.71. The second-order valence-corrected chi connectivity index (χ2v) is 6.81. The lowest BCUT2D eigenvalue weighted by molar-refractivity contribution is -0.138. The minimum Gasteiger partial charge on any atom is -0.374 e. The Balaban J connectivity index is 1.88. The average molecular weight is 421 g/mol. The fourth-order valence-corrected chi connectivity index (χ4v) is 3.26. The molecule has 30 heavy (non-hydrogen) atoms. The Hall–Kier alpha value is -3.36. The van der Waals surface area contributed by atoms with Crippen LogP contribution in [-0.4, -0.2) is 30.7 Å². The number of ketones is 1. The molecule has 1 amide bonds. The Morgan fingerprint density at radius 2 is 1.63 bits per heavy atom. The molecule has 158 valence electrons. The molecule has 2 N–H and O–H groups in total. The molecule has 0 spiro atoms. The zero-order chi connectivity index (χ0) is 22.1. The molecule has 2 aromatic carbocycles. The number of Topliss-reactive ketones (excluding diaryl/α,β-unsaturated/α-hetero) is 1. The zero-order valence-corrected chi connectivity index (χ0v) is 16.2. The number of rotatable bonds is 4. The molecule has 0 radical (unpaired) electrons. The highest BCUT2D eigenvalue weighted by Gasteiger charge is 2.38. The van der Waals surface area contributed by atoms with Gasteiger partial charge in [0.2, 0.25) is 0 Å². The first-order valence-electron chi connectivity index (χ1n) is 9.04. The van der Waals surface area contributed by atoms with Gasteiger partial charge in [0, 0.05) is 26.2 Å². The number of piperidine rings is 1. The molecule has 2 aromatic rings. The van der Waals surface area contributed by atoms with Gasteiger partial charge in [-0.05, 0) is 42.0 Å². The Bertz CT molecular complexity index is 983. The number of hydrogen-bond acceptors (Lipinski definition) is 4. The molecule has 5 nitrogen and oxygen atoms in total. The van der Waals surface area contributed by atoms with Gasteiger partial charge in [-0.25, -0.2) is 4.39 Å². The van der Waals surface area contributed by atoms with Crippen molar-refractivity contribution in [2.45, 2.75) is 18.6 Å². The minimum atomic E-state index is -4.47. The van der Waals surface area contributed by atoms with E-state index in [9.17, 15) is 27.2 Å². The molecule has 1 atom stereocenters. The predicted molar refractivity (Wildman–Crippen MR) is 103 cm³/mol. The van der Waals surface area contributed by atoms with Crippen molar-refractivity contribution in [2.75, 3.05) is 19.4 Å². The van der Waals surface area contributed by atoms with Crippen LogP contribution in [0, 0.1) is 5.82 Å². The lowest BCUT2D eigenvalue weighted by Crippen LogP contribution is -2.43. The highest BCUT2D eigenvalue weighted by molar-refractivity contribution is 6.21. The largest absolute Gasteiger partial charge is 0.416 e. The number of likely N-dealkylation sites (tertiary alicyclic amines) is 1. The van der Waals surface area contributed by atoms with E-state index in [-0.39, 0.29) is 17.8 Å². The molecule has 1 heterocycles. The molecule has 1 unspecified atom stereocenters. The quantitative estimate of drug-likeness (QED) is 0.447. The number of carbonyl (C=O) groups excluding carboxylic acids is 2. The first kappa shape index (κ1) is 21.4. The summed E-state index contributed by atoms with van der Waals surface area (Å²) < 4.78 is 51.4. The number of amides is 1. The molecule has 1 aliphatic rings. The summed E-state index contributed by atoms with van der Waals surface area (Å²) >= 11 is 0. The normalized spacial score (nSPS) is 19.0. The first-order valence-corrected chi connectivity index (χ1v) is 9.04. The maximum Gasteiger partial charge on any atom is 0.416 e. The van der Waals surface area contributed by atoms with Crippen molar-refractivity contribution in [3.8, 4) is 0 Å². The van der Waals surface area contributed by atoms with E-state index in [0.717, 1.165) is 12.1 Å². The Morgan fingerprint density at radius 3 is 2.17 bits per heavy atom. The van der Waals surface area contributed by atoms with Gasteiger partial charge in [0.15, 0.2) is 5.78 Å². The SMILES string of the molecule is CNC(Nc1ccc(F)cc1)=C1C(=O)CC(c2ccc(C(F)(F)F)cc2)N(C)C1=O. The van der Waals surface area contributed by atoms with Crippen LogP contribution in [0.1, 0.15) is 23.6 Å². The van der Waals surface area contributed by atoms with E-state index >= 15 is 0 Å². The van der Waals surface area contributed by atoms with Crippen LogP contribution in [0.3, 0.4) is 0 Å². The summed E-state index contributed by atoms with van der Waals surface area (Å²) in [6.45, 7) is 0. The van der Waals surface area contributed by atoms with Crippen molar-refractivity contribution in [3.63, 3.8) is 0 Å². The smallest absolute Gasteiger partial charge is 0.374 e. The van der Waals surface area contributed by atoms with Crippen LogP contribution in [0.5, 0.6) is 0 Å². The number of carbonyl (C=O) groups is 2. The van der Waals surface area contributed by atoms with Gasteiger partial charge in [0.1, 0.15) is 17.2 Å². The number of likely N-dealkylation sites (N-methyl/N-ethyl adjacent to an activating group) is 1. The monoisotopic (exact) mass is 421 g/mol. The van der Waals surface area contributed by atoms with Crippen molar-refractivity contribution in [1.82, 2.24) is 10.2 Å². The van der Waals surface area contributed by atoms with Gasteiger partial charge in [0.25, 0.3) is 5.91 Å². The Morgan fingerprint density at radius 1 is 1.03 bits per heavy atom. The number of hydrogen-bond donors (Lipinski definition) is 2. The van der Waals surface area contributed by atoms with Gasteiger partial charge < -0.3 is 15.5 Å². The molecule has 9 heteroatoms. The fourth-order valence-electron chi connectivity index (χ4n) is 3.26. The minimum absolute atomic E-state index is 0.0841. The van der Waals surface area contributed by atoms with E-state index in [1.165, 1.54) is 55.4 Å². The van der Waals surface area contributed by atoms with E-state index in [1.54, 1.807) is 0 Å². The van der Waals surface area contributed by atoms with Gasteiger partial charge in [-0.2, -0.15) is 13.2 Å². The number of anilines is 1. The molecule has 1 fully saturated rings. The van der Waals surface area contributed by atoms with Crippen LogP contribution < -0.4 is 10.6 Å². The lowest BCUT2D eigenvalue weighted by Gasteiger charge is -2.34. The summed E-state index contributed by atoms with van der Waals surface area (Å²) in [7, 11) is 3.02. The van der Waals surface area contributed by atoms with E-state index in [2.05, 4.69) is 10.6 Å². The molecule has 1 aliphatic heterocycles. The second kappa shape index (κ2) is 8.17. The van der Waals surface area contributed by atoms with Crippen LogP contribution in [0.2, 0.25) is 0 Å². The van der Waals surface area contributed by atoms with Crippen molar-refractivity contribution < 1.29 is 27.2 Å². The van der Waals surface area contributed by atoms with Gasteiger partial charge >= 0.3 is 6.18 Å². The topological polar surface area (TPSA) is 61.4 Å². The molecular formula is C21H19F4N3O2. The third-order valence-corrected chi connectivity index (χ3v) is 4.90. The maximum atomic E-state index is 13.1. The van der Waals surface area contributed by atoms with Gasteiger partial charge in [0.05, 0.1) is 11.6 Å². The van der Waals surface area contributed by atoms with Crippen molar-refractivity contribution in [2.24, 2.45) is 0 Å². The highest BCUT2D eigenvalue weighted by Crippen LogP contribution is 2.34. The summed E-state index contributed by atoms with van der Waals surface area (Å²) in [5.74, 6) is -1.30. The standard InChI is InChI=1S/C21H19F4N3O2/c1-26-19(27-15-9-7-14(22)8-10-15)18-17(29)11-16(28(2)20(18)30)12-3-5-13(6-4-12)21(23,24)25/h3-10,16,26-27H,11H2,1-2H3. The molecule has 1 saturated heterocycles. The Kier molecular flexibility index (Phi) is 5.82.